The van der Waals surface area contributed by atoms with Crippen molar-refractivity contribution in [3.05, 3.63) is 22.8 Å². The molecule has 0 radical (unpaired) electrons. The first kappa shape index (κ1) is 14.2. The fourth-order valence-corrected chi connectivity index (χ4v) is 3.90. The highest BCUT2D eigenvalue weighted by molar-refractivity contribution is 9.10. The minimum absolute atomic E-state index is 0.142. The van der Waals surface area contributed by atoms with Crippen molar-refractivity contribution in [3.8, 4) is 0 Å². The summed E-state index contributed by atoms with van der Waals surface area (Å²) in [6.45, 7) is 3.55. The summed E-state index contributed by atoms with van der Waals surface area (Å²) < 4.78 is 0.985. The van der Waals surface area contributed by atoms with Crippen LogP contribution in [0.25, 0.3) is 0 Å². The van der Waals surface area contributed by atoms with Gasteiger partial charge in [0, 0.05) is 48.4 Å². The number of amides is 1. The van der Waals surface area contributed by atoms with E-state index in [-0.39, 0.29) is 5.92 Å². The van der Waals surface area contributed by atoms with E-state index in [0.717, 1.165) is 54.4 Å². The van der Waals surface area contributed by atoms with Gasteiger partial charge in [0.2, 0.25) is 5.91 Å². The molecule has 0 N–H and O–H groups in total. The number of carbonyl (C=O) groups is 1. The number of hydrogen-bond donors (Lipinski definition) is 0. The lowest BCUT2D eigenvalue weighted by Gasteiger charge is -2.29. The van der Waals surface area contributed by atoms with Gasteiger partial charge in [-0.3, -0.25) is 4.79 Å². The molecule has 0 saturated carbocycles. The van der Waals surface area contributed by atoms with Crippen molar-refractivity contribution in [3.63, 3.8) is 0 Å². The fraction of sp³-hybridized carbons (Fsp3) is 0.571. The molecule has 1 atom stereocenters. The molecule has 1 aromatic heterocycles. The summed E-state index contributed by atoms with van der Waals surface area (Å²) in [6, 6.07) is 4.01. The van der Waals surface area contributed by atoms with Gasteiger partial charge in [0.15, 0.2) is 0 Å². The summed E-state index contributed by atoms with van der Waals surface area (Å²) in [4.78, 5) is 21.2. The smallest absolute Gasteiger partial charge is 0.227 e. The van der Waals surface area contributed by atoms with Crippen LogP contribution >= 0.6 is 27.7 Å². The van der Waals surface area contributed by atoms with Crippen LogP contribution in [0.4, 0.5) is 5.82 Å². The quantitative estimate of drug-likeness (QED) is 0.815. The highest BCUT2D eigenvalue weighted by Crippen LogP contribution is 2.25. The third-order valence-electron chi connectivity index (χ3n) is 3.90. The molecule has 1 amide bonds. The van der Waals surface area contributed by atoms with Crippen molar-refractivity contribution in [1.82, 2.24) is 9.88 Å². The molecule has 2 aliphatic heterocycles. The fourth-order valence-electron chi connectivity index (χ4n) is 2.77. The van der Waals surface area contributed by atoms with E-state index >= 15 is 0 Å². The lowest BCUT2D eigenvalue weighted by molar-refractivity contribution is -0.134. The van der Waals surface area contributed by atoms with E-state index < -0.39 is 0 Å². The zero-order chi connectivity index (χ0) is 13.9. The van der Waals surface area contributed by atoms with Crippen molar-refractivity contribution in [1.29, 1.82) is 0 Å². The van der Waals surface area contributed by atoms with Crippen LogP contribution in [0, 0.1) is 5.92 Å². The zero-order valence-electron chi connectivity index (χ0n) is 11.3. The Bertz CT molecular complexity index is 476. The molecule has 20 heavy (non-hydrogen) atoms. The van der Waals surface area contributed by atoms with Crippen molar-refractivity contribution in [2.75, 3.05) is 42.6 Å². The van der Waals surface area contributed by atoms with Crippen molar-refractivity contribution < 1.29 is 4.79 Å². The minimum atomic E-state index is 0.142. The highest BCUT2D eigenvalue weighted by atomic mass is 79.9. The Morgan fingerprint density at radius 3 is 2.80 bits per heavy atom. The van der Waals surface area contributed by atoms with Crippen LogP contribution < -0.4 is 4.90 Å². The van der Waals surface area contributed by atoms with Gasteiger partial charge in [0.25, 0.3) is 0 Å². The Balaban J connectivity index is 1.61. The monoisotopic (exact) mass is 355 g/mol. The second kappa shape index (κ2) is 6.35. The summed E-state index contributed by atoms with van der Waals surface area (Å²) in [5, 5.41) is 0. The van der Waals surface area contributed by atoms with E-state index in [9.17, 15) is 4.79 Å². The third-order valence-corrected chi connectivity index (χ3v) is 5.31. The summed E-state index contributed by atoms with van der Waals surface area (Å²) in [5.74, 6) is 3.61. The van der Waals surface area contributed by atoms with Crippen LogP contribution in [0.3, 0.4) is 0 Å². The summed E-state index contributed by atoms with van der Waals surface area (Å²) in [6.07, 6.45) is 2.76. The zero-order valence-corrected chi connectivity index (χ0v) is 13.7. The van der Waals surface area contributed by atoms with E-state index in [0.29, 0.717) is 5.91 Å². The van der Waals surface area contributed by atoms with E-state index in [1.165, 1.54) is 0 Å². The summed E-state index contributed by atoms with van der Waals surface area (Å²) in [7, 11) is 0. The molecule has 0 spiro atoms. The molecule has 0 aliphatic carbocycles. The highest BCUT2D eigenvalue weighted by Gasteiger charge is 2.32. The van der Waals surface area contributed by atoms with Gasteiger partial charge in [0.05, 0.1) is 5.92 Å². The van der Waals surface area contributed by atoms with Crippen LogP contribution in [-0.2, 0) is 4.79 Å². The van der Waals surface area contributed by atoms with E-state index in [1.807, 2.05) is 35.0 Å². The van der Waals surface area contributed by atoms with Gasteiger partial charge >= 0.3 is 0 Å². The lowest BCUT2D eigenvalue weighted by Crippen LogP contribution is -2.42. The second-order valence-electron chi connectivity index (χ2n) is 5.20. The van der Waals surface area contributed by atoms with Gasteiger partial charge in [-0.05, 0) is 34.5 Å². The maximum Gasteiger partial charge on any atom is 0.227 e. The Morgan fingerprint density at radius 1 is 1.30 bits per heavy atom. The van der Waals surface area contributed by atoms with E-state index in [2.05, 4.69) is 25.8 Å². The van der Waals surface area contributed by atoms with Gasteiger partial charge in [-0.25, -0.2) is 4.98 Å². The Kier molecular flexibility index (Phi) is 4.51. The first-order valence-electron chi connectivity index (χ1n) is 6.97. The molecule has 3 heterocycles. The van der Waals surface area contributed by atoms with Gasteiger partial charge in [0.1, 0.15) is 5.82 Å². The molecule has 3 rings (SSSR count). The number of aromatic nitrogens is 1. The number of carbonyl (C=O) groups excluding carboxylic acids is 1. The molecule has 2 saturated heterocycles. The Hall–Kier alpha value is -0.750. The number of halogens is 1. The average Bonchev–Trinajstić information content (AvgIpc) is 2.98. The largest absolute Gasteiger partial charge is 0.356 e. The number of hydrogen-bond acceptors (Lipinski definition) is 4. The van der Waals surface area contributed by atoms with E-state index in [1.54, 1.807) is 0 Å². The number of nitrogens with zero attached hydrogens (tertiary/aromatic N) is 3. The third kappa shape index (κ3) is 3.11. The van der Waals surface area contributed by atoms with Crippen LogP contribution in [0.5, 0.6) is 0 Å². The van der Waals surface area contributed by atoms with Gasteiger partial charge in [-0.2, -0.15) is 11.8 Å². The molecule has 0 aromatic carbocycles. The van der Waals surface area contributed by atoms with E-state index in [4.69, 9.17) is 0 Å². The molecule has 2 aliphatic rings. The average molecular weight is 356 g/mol. The first-order chi connectivity index (χ1) is 9.74. The predicted molar refractivity (Wildman–Crippen MR) is 86.2 cm³/mol. The molecule has 1 unspecified atom stereocenters. The molecule has 2 fully saturated rings. The van der Waals surface area contributed by atoms with Gasteiger partial charge in [-0.15, -0.1) is 0 Å². The number of rotatable bonds is 2. The second-order valence-corrected chi connectivity index (χ2v) is 7.34. The molecule has 6 heteroatoms. The number of pyridine rings is 1. The van der Waals surface area contributed by atoms with Gasteiger partial charge < -0.3 is 9.80 Å². The maximum absolute atomic E-state index is 12.5. The lowest BCUT2D eigenvalue weighted by atomic mass is 10.1. The van der Waals surface area contributed by atoms with Gasteiger partial charge in [-0.1, -0.05) is 0 Å². The van der Waals surface area contributed by atoms with Crippen LogP contribution in [0.15, 0.2) is 22.8 Å². The normalized spacial score (nSPS) is 23.1. The Morgan fingerprint density at radius 2 is 2.10 bits per heavy atom. The minimum Gasteiger partial charge on any atom is -0.356 e. The van der Waals surface area contributed by atoms with Crippen LogP contribution in [0.2, 0.25) is 0 Å². The number of thioether (sulfide) groups is 1. The predicted octanol–water partition coefficient (Wildman–Crippen LogP) is 2.25. The topological polar surface area (TPSA) is 36.4 Å². The summed E-state index contributed by atoms with van der Waals surface area (Å²) in [5.41, 5.74) is 0. The molecule has 108 valence electrons. The molecule has 4 nitrogen and oxygen atoms in total. The van der Waals surface area contributed by atoms with Crippen molar-refractivity contribution >= 4 is 39.4 Å². The molecule has 1 aromatic rings. The first-order valence-corrected chi connectivity index (χ1v) is 8.92. The number of anilines is 1. The van der Waals surface area contributed by atoms with Crippen LogP contribution in [-0.4, -0.2) is 53.5 Å². The molecular formula is C14H18BrN3OS. The Labute approximate surface area is 132 Å². The molecule has 0 bridgehead atoms. The standard InChI is InChI=1S/C14H18BrN3OS/c15-12-1-2-13(16-9-12)18-4-3-11(10-18)14(19)17-5-7-20-8-6-17/h1-2,9,11H,3-8,10H2. The maximum atomic E-state index is 12.5. The SMILES string of the molecule is O=C(C1CCN(c2ccc(Br)cn2)C1)N1CCSCC1. The van der Waals surface area contributed by atoms with Crippen molar-refractivity contribution in [2.24, 2.45) is 5.92 Å². The van der Waals surface area contributed by atoms with Crippen LogP contribution in [0.1, 0.15) is 6.42 Å². The molecular weight excluding hydrogens is 338 g/mol. The van der Waals surface area contributed by atoms with Crippen molar-refractivity contribution in [2.45, 2.75) is 6.42 Å². The summed E-state index contributed by atoms with van der Waals surface area (Å²) >= 11 is 5.34.